The van der Waals surface area contributed by atoms with Crippen molar-refractivity contribution in [3.05, 3.63) is 35.5 Å². The molecular weight excluding hydrogens is 248 g/mol. The first-order valence-corrected chi connectivity index (χ1v) is 7.27. The Morgan fingerprint density at radius 1 is 1.10 bits per heavy atom. The minimum atomic E-state index is 0.153. The van der Waals surface area contributed by atoms with E-state index < -0.39 is 0 Å². The molecule has 3 heteroatoms. The highest BCUT2D eigenvalue weighted by Gasteiger charge is 2.20. The molecule has 1 aromatic heterocycles. The molecule has 0 atom stereocenters. The second kappa shape index (κ2) is 5.70. The molecule has 0 fully saturated rings. The topological polar surface area (TPSA) is 38.0 Å². The molecule has 20 heavy (non-hydrogen) atoms. The van der Waals surface area contributed by atoms with Crippen molar-refractivity contribution in [1.82, 2.24) is 9.78 Å². The Morgan fingerprint density at radius 2 is 1.70 bits per heavy atom. The minimum absolute atomic E-state index is 0.153. The van der Waals surface area contributed by atoms with Crippen molar-refractivity contribution >= 4 is 0 Å². The fourth-order valence-corrected chi connectivity index (χ4v) is 2.38. The number of benzene rings is 1. The maximum atomic E-state index is 10.5. The molecule has 0 bridgehead atoms. The average Bonchev–Trinajstić information content (AvgIpc) is 2.67. The maximum Gasteiger partial charge on any atom is 0.217 e. The molecule has 108 valence electrons. The molecule has 1 N–H and O–H groups in total. The van der Waals surface area contributed by atoms with Crippen molar-refractivity contribution in [3.63, 3.8) is 0 Å². The first-order chi connectivity index (χ1) is 9.40. The summed E-state index contributed by atoms with van der Waals surface area (Å²) >= 11 is 0. The van der Waals surface area contributed by atoms with E-state index in [1.165, 1.54) is 5.56 Å². The normalized spacial score (nSPS) is 11.6. The van der Waals surface area contributed by atoms with Crippen LogP contribution in [-0.2, 0) is 6.42 Å². The molecule has 1 heterocycles. The van der Waals surface area contributed by atoms with E-state index in [1.54, 1.807) is 4.68 Å². The molecular formula is C17H24N2O. The zero-order chi connectivity index (χ0) is 14.9. The summed E-state index contributed by atoms with van der Waals surface area (Å²) < 4.78 is 1.72. The van der Waals surface area contributed by atoms with Crippen LogP contribution < -0.4 is 0 Å². The highest BCUT2D eigenvalue weighted by molar-refractivity contribution is 5.71. The predicted octanol–water partition coefficient (Wildman–Crippen LogP) is 4.34. The van der Waals surface area contributed by atoms with E-state index >= 15 is 0 Å². The molecule has 0 saturated carbocycles. The first kappa shape index (κ1) is 14.6. The van der Waals surface area contributed by atoms with Crippen molar-refractivity contribution in [2.24, 2.45) is 5.92 Å². The number of hydrogen-bond acceptors (Lipinski definition) is 2. The van der Waals surface area contributed by atoms with Gasteiger partial charge in [-0.1, -0.05) is 43.7 Å². The van der Waals surface area contributed by atoms with E-state index in [-0.39, 0.29) is 11.9 Å². The van der Waals surface area contributed by atoms with Gasteiger partial charge in [-0.15, -0.1) is 0 Å². The van der Waals surface area contributed by atoms with Crippen LogP contribution in [0, 0.1) is 12.8 Å². The lowest BCUT2D eigenvalue weighted by Crippen LogP contribution is -2.03. The average molecular weight is 272 g/mol. The van der Waals surface area contributed by atoms with Crippen LogP contribution in [0.3, 0.4) is 0 Å². The van der Waals surface area contributed by atoms with Gasteiger partial charge in [0.2, 0.25) is 5.88 Å². The van der Waals surface area contributed by atoms with Crippen molar-refractivity contribution in [2.45, 2.75) is 47.1 Å². The molecule has 0 unspecified atom stereocenters. The highest BCUT2D eigenvalue weighted by Crippen LogP contribution is 2.35. The molecule has 2 rings (SSSR count). The first-order valence-electron chi connectivity index (χ1n) is 7.27. The lowest BCUT2D eigenvalue weighted by atomic mass is 9.99. The van der Waals surface area contributed by atoms with Gasteiger partial charge in [-0.3, -0.25) is 0 Å². The molecule has 0 aliphatic carbocycles. The van der Waals surface area contributed by atoms with E-state index in [4.69, 9.17) is 0 Å². The summed E-state index contributed by atoms with van der Waals surface area (Å²) in [4.78, 5) is 0. The van der Waals surface area contributed by atoms with Gasteiger partial charge >= 0.3 is 0 Å². The van der Waals surface area contributed by atoms with E-state index in [9.17, 15) is 5.11 Å². The summed E-state index contributed by atoms with van der Waals surface area (Å²) in [5, 5.41) is 15.1. The summed E-state index contributed by atoms with van der Waals surface area (Å²) in [6, 6.07) is 8.41. The summed E-state index contributed by atoms with van der Waals surface area (Å²) in [7, 11) is 0. The van der Waals surface area contributed by atoms with Crippen LogP contribution in [0.1, 0.15) is 45.0 Å². The van der Waals surface area contributed by atoms with E-state index in [2.05, 4.69) is 50.1 Å². The van der Waals surface area contributed by atoms with Crippen LogP contribution in [0.25, 0.3) is 11.1 Å². The molecule has 0 saturated heterocycles. The van der Waals surface area contributed by atoms with Gasteiger partial charge in [-0.2, -0.15) is 5.10 Å². The fourth-order valence-electron chi connectivity index (χ4n) is 2.38. The molecule has 0 amide bonds. The maximum absolute atomic E-state index is 10.5. The summed E-state index contributed by atoms with van der Waals surface area (Å²) in [5.74, 6) is 0.786. The highest BCUT2D eigenvalue weighted by atomic mass is 16.3. The molecule has 0 aliphatic rings. The van der Waals surface area contributed by atoms with Crippen LogP contribution in [0.5, 0.6) is 5.88 Å². The Kier molecular flexibility index (Phi) is 4.17. The van der Waals surface area contributed by atoms with E-state index in [0.29, 0.717) is 5.92 Å². The van der Waals surface area contributed by atoms with Crippen molar-refractivity contribution in [2.75, 3.05) is 0 Å². The Labute approximate surface area is 121 Å². The minimum Gasteiger partial charge on any atom is -0.493 e. The molecule has 0 radical (unpaired) electrons. The monoisotopic (exact) mass is 272 g/mol. The number of aromatic hydroxyl groups is 1. The van der Waals surface area contributed by atoms with Gasteiger partial charge in [-0.25, -0.2) is 4.68 Å². The van der Waals surface area contributed by atoms with Crippen LogP contribution >= 0.6 is 0 Å². The van der Waals surface area contributed by atoms with Gasteiger partial charge in [0.1, 0.15) is 0 Å². The molecule has 0 spiro atoms. The van der Waals surface area contributed by atoms with Gasteiger partial charge in [-0.05, 0) is 38.7 Å². The number of aryl methyl sites for hydroxylation is 1. The van der Waals surface area contributed by atoms with Gasteiger partial charge in [0.05, 0.1) is 17.3 Å². The number of aromatic nitrogens is 2. The van der Waals surface area contributed by atoms with Crippen LogP contribution in [-0.4, -0.2) is 14.9 Å². The Morgan fingerprint density at radius 3 is 2.20 bits per heavy atom. The molecule has 3 nitrogen and oxygen atoms in total. The zero-order valence-corrected chi connectivity index (χ0v) is 13.0. The van der Waals surface area contributed by atoms with Crippen LogP contribution in [0.15, 0.2) is 24.3 Å². The zero-order valence-electron chi connectivity index (χ0n) is 13.0. The molecule has 0 aliphatic heterocycles. The third-order valence-electron chi connectivity index (χ3n) is 3.39. The molecule has 1 aromatic carbocycles. The van der Waals surface area contributed by atoms with Crippen molar-refractivity contribution in [3.8, 4) is 17.0 Å². The Bertz CT molecular complexity index is 580. The lowest BCUT2D eigenvalue weighted by molar-refractivity contribution is 0.377. The van der Waals surface area contributed by atoms with Gasteiger partial charge in [0.25, 0.3) is 0 Å². The van der Waals surface area contributed by atoms with Crippen LogP contribution in [0.2, 0.25) is 0 Å². The third kappa shape index (κ3) is 2.87. The predicted molar refractivity (Wildman–Crippen MR) is 83.0 cm³/mol. The molecule has 2 aromatic rings. The number of rotatable bonds is 4. The van der Waals surface area contributed by atoms with Crippen LogP contribution in [0.4, 0.5) is 0 Å². The summed E-state index contributed by atoms with van der Waals surface area (Å²) in [6.45, 7) is 10.5. The standard InChI is InChI=1S/C17H24N2O/c1-11(2)10-15-16(14-8-6-13(5)7-9-14)17(20)19(18-15)12(3)4/h6-9,11-12,20H,10H2,1-5H3. The third-order valence-corrected chi connectivity index (χ3v) is 3.39. The smallest absolute Gasteiger partial charge is 0.217 e. The summed E-state index contributed by atoms with van der Waals surface area (Å²) in [5.41, 5.74) is 4.12. The second-order valence-electron chi connectivity index (χ2n) is 6.15. The Hall–Kier alpha value is -1.77. The number of nitrogens with zero attached hydrogens (tertiary/aromatic N) is 2. The Balaban J connectivity index is 2.56. The van der Waals surface area contributed by atoms with Crippen molar-refractivity contribution in [1.29, 1.82) is 0 Å². The number of hydrogen-bond donors (Lipinski definition) is 1. The van der Waals surface area contributed by atoms with Gasteiger partial charge < -0.3 is 5.11 Å². The lowest BCUT2D eigenvalue weighted by Gasteiger charge is -2.07. The van der Waals surface area contributed by atoms with Gasteiger partial charge in [0, 0.05) is 0 Å². The van der Waals surface area contributed by atoms with Crippen molar-refractivity contribution < 1.29 is 5.11 Å². The fraction of sp³-hybridized carbons (Fsp3) is 0.471. The van der Waals surface area contributed by atoms with E-state index in [1.807, 2.05) is 13.8 Å². The van der Waals surface area contributed by atoms with E-state index in [0.717, 1.165) is 23.2 Å². The largest absolute Gasteiger partial charge is 0.493 e. The summed E-state index contributed by atoms with van der Waals surface area (Å²) in [6.07, 6.45) is 0.872. The quantitative estimate of drug-likeness (QED) is 0.899. The van der Waals surface area contributed by atoms with Gasteiger partial charge in [0.15, 0.2) is 0 Å². The second-order valence-corrected chi connectivity index (χ2v) is 6.15. The SMILES string of the molecule is Cc1ccc(-c2c(CC(C)C)nn(C(C)C)c2O)cc1.